The Morgan fingerprint density at radius 1 is 1.09 bits per heavy atom. The standard InChI is InChI=1S/C41H45F3N8O4/c1-5-26-20-51(21-27(6-2)52(26)40(54)46-15-14-45)37-33-36(48-39(49-37)56-23-41(12-13-41)22-50-16-10-25(42)11-17-50)34(44)35(47-38(33)55-4)30-19-28(53)18-24-8-9-31(43)29(7-3)32(24)30/h3,8-9,18-19,25-27,53H,5-6,10-13,15-17,20-23H2,1-2,4H3,(H,46,54). The Balaban J connectivity index is 1.36. The maximum absolute atomic E-state index is 17.4. The number of urea groups is 1. The van der Waals surface area contributed by atoms with E-state index in [1.165, 1.54) is 31.4 Å². The van der Waals surface area contributed by atoms with Crippen molar-refractivity contribution in [3.05, 3.63) is 41.5 Å². The van der Waals surface area contributed by atoms with Gasteiger partial charge in [-0.05, 0) is 62.1 Å². The van der Waals surface area contributed by atoms with E-state index in [-0.39, 0.29) is 87.4 Å². The highest BCUT2D eigenvalue weighted by Gasteiger charge is 2.46. The fraction of sp³-hybridized carbons (Fsp3) is 0.488. The highest BCUT2D eigenvalue weighted by atomic mass is 19.1. The van der Waals surface area contributed by atoms with Gasteiger partial charge in [-0.1, -0.05) is 25.8 Å². The maximum atomic E-state index is 17.4. The number of terminal acetylenes is 1. The number of benzene rings is 2. The predicted octanol–water partition coefficient (Wildman–Crippen LogP) is 6.32. The van der Waals surface area contributed by atoms with Crippen molar-refractivity contribution in [2.24, 2.45) is 5.41 Å². The first-order valence-electron chi connectivity index (χ1n) is 19.1. The SMILES string of the molecule is C#Cc1c(F)ccc2cc(O)cc(-c3nc(OC)c4c(N5CC(CC)N(C(=O)NCC#N)C(CC)C5)nc(OCC5(CN6CCC(F)CC6)CC5)nc4c3F)c12. The molecule has 0 radical (unpaired) electrons. The minimum Gasteiger partial charge on any atom is -0.508 e. The number of piperidine rings is 1. The summed E-state index contributed by atoms with van der Waals surface area (Å²) in [6.07, 6.45) is 8.94. The number of piperazine rings is 1. The average molecular weight is 771 g/mol. The third-order valence-electron chi connectivity index (χ3n) is 11.3. The number of nitrogens with one attached hydrogen (secondary N) is 1. The lowest BCUT2D eigenvalue weighted by Crippen LogP contribution is -2.62. The Morgan fingerprint density at radius 3 is 2.43 bits per heavy atom. The average Bonchev–Trinajstić information content (AvgIpc) is 3.98. The number of amides is 2. The number of alkyl halides is 1. The van der Waals surface area contributed by atoms with Crippen LogP contribution in [0.5, 0.6) is 17.6 Å². The number of hydrogen-bond acceptors (Lipinski definition) is 10. The summed E-state index contributed by atoms with van der Waals surface area (Å²) in [5, 5.41) is 23.2. The molecule has 4 heterocycles. The molecule has 294 valence electrons. The second kappa shape index (κ2) is 15.9. The monoisotopic (exact) mass is 770 g/mol. The van der Waals surface area contributed by atoms with Gasteiger partial charge in [-0.3, -0.25) is 0 Å². The molecule has 15 heteroatoms. The number of methoxy groups -OCH3 is 1. The molecule has 56 heavy (non-hydrogen) atoms. The van der Waals surface area contributed by atoms with Crippen LogP contribution in [0.4, 0.5) is 23.8 Å². The van der Waals surface area contributed by atoms with Gasteiger partial charge in [0.15, 0.2) is 5.82 Å². The van der Waals surface area contributed by atoms with Crippen molar-refractivity contribution in [3.8, 4) is 47.3 Å². The Kier molecular flexibility index (Phi) is 11.0. The lowest BCUT2D eigenvalue weighted by Gasteiger charge is -2.47. The fourth-order valence-electron chi connectivity index (χ4n) is 8.17. The van der Waals surface area contributed by atoms with E-state index in [1.807, 2.05) is 24.8 Å². The number of carbonyl (C=O) groups excluding carboxylic acids is 1. The van der Waals surface area contributed by atoms with Crippen molar-refractivity contribution in [2.75, 3.05) is 57.9 Å². The van der Waals surface area contributed by atoms with Crippen LogP contribution in [0, 0.1) is 40.7 Å². The summed E-state index contributed by atoms with van der Waals surface area (Å²) in [6, 6.07) is 6.24. The molecule has 2 amide bonds. The van der Waals surface area contributed by atoms with Crippen LogP contribution in [-0.2, 0) is 0 Å². The van der Waals surface area contributed by atoms with Crippen molar-refractivity contribution in [2.45, 2.75) is 70.6 Å². The largest absolute Gasteiger partial charge is 0.508 e. The number of rotatable bonds is 11. The number of nitriles is 1. The van der Waals surface area contributed by atoms with Crippen LogP contribution in [0.1, 0.15) is 57.9 Å². The summed E-state index contributed by atoms with van der Waals surface area (Å²) in [5.74, 6) is 0.825. The van der Waals surface area contributed by atoms with E-state index in [9.17, 15) is 14.3 Å². The molecule has 1 saturated carbocycles. The van der Waals surface area contributed by atoms with Crippen molar-refractivity contribution in [3.63, 3.8) is 0 Å². The minimum absolute atomic E-state index is 0.0293. The van der Waals surface area contributed by atoms with Gasteiger partial charge >= 0.3 is 12.0 Å². The molecule has 3 aliphatic rings. The summed E-state index contributed by atoms with van der Waals surface area (Å²) in [4.78, 5) is 33.4. The van der Waals surface area contributed by atoms with Crippen molar-refractivity contribution < 1.29 is 32.5 Å². The first kappa shape index (κ1) is 38.7. The van der Waals surface area contributed by atoms with E-state index in [2.05, 4.69) is 26.1 Å². The molecule has 3 fully saturated rings. The second-order valence-electron chi connectivity index (χ2n) is 15.0. The van der Waals surface area contributed by atoms with Crippen molar-refractivity contribution in [1.82, 2.24) is 30.1 Å². The van der Waals surface area contributed by atoms with E-state index in [0.717, 1.165) is 19.4 Å². The van der Waals surface area contributed by atoms with Crippen LogP contribution >= 0.6 is 0 Å². The number of phenols is 1. The molecule has 2 N–H and O–H groups in total. The molecule has 1 aliphatic carbocycles. The van der Waals surface area contributed by atoms with Crippen LogP contribution < -0.4 is 19.7 Å². The van der Waals surface area contributed by atoms with Gasteiger partial charge in [0.2, 0.25) is 5.88 Å². The number of ether oxygens (including phenoxy) is 2. The molecular formula is C41H45F3N8O4. The number of pyridine rings is 1. The van der Waals surface area contributed by atoms with E-state index < -0.39 is 17.8 Å². The molecule has 12 nitrogen and oxygen atoms in total. The van der Waals surface area contributed by atoms with Gasteiger partial charge in [-0.2, -0.15) is 15.2 Å². The zero-order chi connectivity index (χ0) is 39.7. The summed E-state index contributed by atoms with van der Waals surface area (Å²) in [5.41, 5.74) is -0.716. The number of phenolic OH excluding ortho intramolecular Hbond substituents is 1. The molecular weight excluding hydrogens is 725 g/mol. The molecule has 2 unspecified atom stereocenters. The lowest BCUT2D eigenvalue weighted by molar-refractivity contribution is 0.107. The van der Waals surface area contributed by atoms with E-state index in [1.54, 1.807) is 4.90 Å². The number of hydrogen-bond donors (Lipinski definition) is 2. The third-order valence-corrected chi connectivity index (χ3v) is 11.3. The molecule has 2 aromatic carbocycles. The number of nitrogens with zero attached hydrogens (tertiary/aromatic N) is 7. The molecule has 4 aromatic rings. The highest BCUT2D eigenvalue weighted by molar-refractivity contribution is 6.04. The van der Waals surface area contributed by atoms with Crippen molar-refractivity contribution in [1.29, 1.82) is 5.26 Å². The van der Waals surface area contributed by atoms with E-state index in [4.69, 9.17) is 26.1 Å². The van der Waals surface area contributed by atoms with Gasteiger partial charge in [0.25, 0.3) is 0 Å². The Morgan fingerprint density at radius 2 is 1.80 bits per heavy atom. The Bertz CT molecular complexity index is 2220. The van der Waals surface area contributed by atoms with Gasteiger partial charge < -0.3 is 34.6 Å². The minimum atomic E-state index is -0.891. The van der Waals surface area contributed by atoms with Gasteiger partial charge in [-0.25, -0.2) is 22.9 Å². The van der Waals surface area contributed by atoms with Gasteiger partial charge in [0, 0.05) is 49.1 Å². The number of fused-ring (bicyclic) bond motifs is 2. The predicted molar refractivity (Wildman–Crippen MR) is 205 cm³/mol. The fourth-order valence-corrected chi connectivity index (χ4v) is 8.17. The first-order valence-corrected chi connectivity index (χ1v) is 19.1. The zero-order valence-electron chi connectivity index (χ0n) is 31.7. The van der Waals surface area contributed by atoms with Gasteiger partial charge in [0.1, 0.15) is 46.7 Å². The van der Waals surface area contributed by atoms with Crippen LogP contribution in [0.15, 0.2) is 24.3 Å². The molecule has 2 atom stereocenters. The number of anilines is 1. The summed E-state index contributed by atoms with van der Waals surface area (Å²) in [6.45, 7) is 6.75. The molecule has 0 spiro atoms. The summed E-state index contributed by atoms with van der Waals surface area (Å²) >= 11 is 0. The summed E-state index contributed by atoms with van der Waals surface area (Å²) < 4.78 is 58.5. The van der Waals surface area contributed by atoms with Gasteiger partial charge in [0.05, 0.1) is 37.4 Å². The van der Waals surface area contributed by atoms with E-state index in [0.29, 0.717) is 63.1 Å². The quantitative estimate of drug-likeness (QED) is 0.132. The van der Waals surface area contributed by atoms with Crippen LogP contribution in [0.25, 0.3) is 32.9 Å². The lowest BCUT2D eigenvalue weighted by atomic mass is 9.95. The third kappa shape index (κ3) is 7.40. The van der Waals surface area contributed by atoms with Crippen LogP contribution in [0.2, 0.25) is 0 Å². The van der Waals surface area contributed by atoms with E-state index >= 15 is 8.78 Å². The second-order valence-corrected chi connectivity index (χ2v) is 15.0. The molecule has 2 aliphatic heterocycles. The zero-order valence-corrected chi connectivity index (χ0v) is 31.7. The normalized spacial score (nSPS) is 19.8. The number of carbonyl (C=O) groups is 1. The highest BCUT2D eigenvalue weighted by Crippen LogP contribution is 2.47. The number of likely N-dealkylation sites (tertiary alicyclic amines) is 1. The molecule has 2 aromatic heterocycles. The van der Waals surface area contributed by atoms with Crippen LogP contribution in [-0.4, -0.2) is 107 Å². The Hall–Kier alpha value is -5.54. The maximum Gasteiger partial charge on any atom is 0.319 e. The van der Waals surface area contributed by atoms with Crippen LogP contribution in [0.3, 0.4) is 0 Å². The Labute approximate surface area is 323 Å². The number of aromatic hydroxyl groups is 1. The first-order chi connectivity index (χ1) is 27.0. The number of halogens is 3. The van der Waals surface area contributed by atoms with Crippen molar-refractivity contribution >= 4 is 33.5 Å². The smallest absolute Gasteiger partial charge is 0.319 e. The summed E-state index contributed by atoms with van der Waals surface area (Å²) in [7, 11) is 1.38. The number of aromatic nitrogens is 3. The topological polar surface area (TPSA) is 140 Å². The molecule has 7 rings (SSSR count). The van der Waals surface area contributed by atoms with Gasteiger partial charge in [-0.15, -0.1) is 6.42 Å². The molecule has 2 saturated heterocycles. The molecule has 0 bridgehead atoms.